The number of hydrogen-bond acceptors (Lipinski definition) is 8. The number of anilines is 1. The number of carbonyl (C=O) groups is 3. The summed E-state index contributed by atoms with van der Waals surface area (Å²) in [4.78, 5) is 46.3. The van der Waals surface area contributed by atoms with Crippen LogP contribution in [0, 0.1) is 5.82 Å². The predicted molar refractivity (Wildman–Crippen MR) is 123 cm³/mol. The highest BCUT2D eigenvalue weighted by Gasteiger charge is 2.53. The standard InChI is InChI=1S/C24H22FN5O6/c1-35-16-3-2-12-9-30(21(32)19(12)20(16)25)11-24(22(33)27-23(34)28-24)17-8-14-15(36-17)4-5-18(26-14)29-7-6-13(31)10-29/h2-5,8,13,31H,6-7,9-11H2,1H3,(H2,27,28,33,34). The molecule has 1 aromatic carbocycles. The van der Waals surface area contributed by atoms with Gasteiger partial charge in [-0.15, -0.1) is 0 Å². The number of aliphatic hydroxyl groups is 1. The maximum Gasteiger partial charge on any atom is 0.322 e. The number of hydrogen-bond donors (Lipinski definition) is 3. The van der Waals surface area contributed by atoms with E-state index in [-0.39, 0.29) is 30.2 Å². The van der Waals surface area contributed by atoms with E-state index in [1.54, 1.807) is 24.3 Å². The van der Waals surface area contributed by atoms with Gasteiger partial charge in [-0.3, -0.25) is 14.9 Å². The molecule has 0 spiro atoms. The van der Waals surface area contributed by atoms with Gasteiger partial charge in [-0.05, 0) is 30.2 Å². The molecule has 2 aromatic heterocycles. The number of fused-ring (bicyclic) bond motifs is 2. The van der Waals surface area contributed by atoms with E-state index in [1.165, 1.54) is 18.1 Å². The maximum absolute atomic E-state index is 14.8. The molecule has 3 aliphatic heterocycles. The third kappa shape index (κ3) is 3.28. The molecule has 2 atom stereocenters. The molecule has 0 saturated carbocycles. The SMILES string of the molecule is COc1ccc2c(c1F)C(=O)N(CC1(c3cc4nc(N5CCC(O)C5)ccc4o3)NC(=O)NC1=O)C2. The second-order valence-corrected chi connectivity index (χ2v) is 9.14. The molecule has 5 heterocycles. The number of carbonyl (C=O) groups excluding carboxylic acids is 3. The number of ether oxygens (including phenoxy) is 1. The van der Waals surface area contributed by atoms with Crippen molar-refractivity contribution in [2.24, 2.45) is 0 Å². The Morgan fingerprint density at radius 2 is 2.11 bits per heavy atom. The molecule has 12 heteroatoms. The Hall–Kier alpha value is -4.19. The largest absolute Gasteiger partial charge is 0.494 e. The Morgan fingerprint density at radius 1 is 1.28 bits per heavy atom. The summed E-state index contributed by atoms with van der Waals surface area (Å²) in [5, 5.41) is 14.7. The smallest absolute Gasteiger partial charge is 0.322 e. The first-order chi connectivity index (χ1) is 17.3. The summed E-state index contributed by atoms with van der Waals surface area (Å²) in [6.07, 6.45) is 0.222. The first-order valence-electron chi connectivity index (χ1n) is 11.4. The van der Waals surface area contributed by atoms with Gasteiger partial charge in [0.1, 0.15) is 17.1 Å². The van der Waals surface area contributed by atoms with E-state index in [1.807, 2.05) is 4.90 Å². The van der Waals surface area contributed by atoms with Crippen LogP contribution in [0.4, 0.5) is 15.0 Å². The number of imide groups is 1. The van der Waals surface area contributed by atoms with Crippen LogP contribution in [-0.4, -0.2) is 65.7 Å². The second kappa shape index (κ2) is 7.92. The van der Waals surface area contributed by atoms with Crippen LogP contribution in [0.5, 0.6) is 5.75 Å². The third-order valence-corrected chi connectivity index (χ3v) is 6.91. The van der Waals surface area contributed by atoms with E-state index in [0.717, 1.165) is 0 Å². The number of nitrogens with zero attached hydrogens (tertiary/aromatic N) is 3. The highest BCUT2D eigenvalue weighted by atomic mass is 19.1. The van der Waals surface area contributed by atoms with Crippen LogP contribution in [0.3, 0.4) is 0 Å². The molecular weight excluding hydrogens is 473 g/mol. The predicted octanol–water partition coefficient (Wildman–Crippen LogP) is 1.24. The number of pyridine rings is 1. The zero-order valence-electron chi connectivity index (χ0n) is 19.2. The summed E-state index contributed by atoms with van der Waals surface area (Å²) in [5.74, 6) is -1.42. The quantitative estimate of drug-likeness (QED) is 0.450. The van der Waals surface area contributed by atoms with E-state index < -0.39 is 35.3 Å². The summed E-state index contributed by atoms with van der Waals surface area (Å²) in [6, 6.07) is 7.30. The second-order valence-electron chi connectivity index (χ2n) is 9.14. The number of aliphatic hydroxyl groups excluding tert-OH is 1. The van der Waals surface area contributed by atoms with Crippen molar-refractivity contribution in [1.82, 2.24) is 20.5 Å². The number of methoxy groups -OCH3 is 1. The van der Waals surface area contributed by atoms with Crippen molar-refractivity contribution < 1.29 is 33.0 Å². The molecule has 3 aliphatic rings. The maximum atomic E-state index is 14.8. The first kappa shape index (κ1) is 22.3. The van der Waals surface area contributed by atoms with Gasteiger partial charge in [0.25, 0.3) is 11.8 Å². The lowest BCUT2D eigenvalue weighted by Gasteiger charge is -2.28. The topological polar surface area (TPSA) is 137 Å². The lowest BCUT2D eigenvalue weighted by atomic mass is 9.95. The molecule has 0 aliphatic carbocycles. The Bertz CT molecular complexity index is 1440. The zero-order valence-corrected chi connectivity index (χ0v) is 19.2. The van der Waals surface area contributed by atoms with E-state index >= 15 is 0 Å². The van der Waals surface area contributed by atoms with Gasteiger partial charge in [0.15, 0.2) is 22.7 Å². The van der Waals surface area contributed by atoms with E-state index in [9.17, 15) is 23.9 Å². The van der Waals surface area contributed by atoms with Crippen LogP contribution in [0.2, 0.25) is 0 Å². The third-order valence-electron chi connectivity index (χ3n) is 6.91. The zero-order chi connectivity index (χ0) is 25.2. The summed E-state index contributed by atoms with van der Waals surface area (Å²) in [6.45, 7) is 0.876. The van der Waals surface area contributed by atoms with Crippen molar-refractivity contribution in [2.75, 3.05) is 31.6 Å². The Kier molecular flexibility index (Phi) is 4.90. The minimum atomic E-state index is -1.74. The summed E-state index contributed by atoms with van der Waals surface area (Å²) in [5.41, 5.74) is -0.586. The van der Waals surface area contributed by atoms with Gasteiger partial charge in [0.2, 0.25) is 0 Å². The van der Waals surface area contributed by atoms with Crippen LogP contribution in [0.25, 0.3) is 11.1 Å². The summed E-state index contributed by atoms with van der Waals surface area (Å²) < 4.78 is 25.8. The first-order valence-corrected chi connectivity index (χ1v) is 11.4. The summed E-state index contributed by atoms with van der Waals surface area (Å²) in [7, 11) is 1.31. The molecule has 6 rings (SSSR count). The van der Waals surface area contributed by atoms with Gasteiger partial charge in [-0.25, -0.2) is 14.2 Å². The van der Waals surface area contributed by atoms with E-state index in [4.69, 9.17) is 9.15 Å². The van der Waals surface area contributed by atoms with Gasteiger partial charge >= 0.3 is 6.03 Å². The number of rotatable bonds is 5. The van der Waals surface area contributed by atoms with Crippen molar-refractivity contribution in [1.29, 1.82) is 0 Å². The van der Waals surface area contributed by atoms with Crippen LogP contribution in [-0.2, 0) is 16.9 Å². The van der Waals surface area contributed by atoms with Crippen molar-refractivity contribution in [3.05, 3.63) is 53.0 Å². The molecule has 2 saturated heterocycles. The molecule has 0 bridgehead atoms. The fourth-order valence-corrected chi connectivity index (χ4v) is 5.07. The van der Waals surface area contributed by atoms with Crippen molar-refractivity contribution in [3.8, 4) is 5.75 Å². The Balaban J connectivity index is 1.36. The van der Waals surface area contributed by atoms with Crippen molar-refractivity contribution >= 4 is 34.8 Å². The number of aromatic nitrogens is 1. The fourth-order valence-electron chi connectivity index (χ4n) is 5.07. The molecule has 4 amide bonds. The fraction of sp³-hybridized carbons (Fsp3) is 0.333. The number of urea groups is 1. The van der Waals surface area contributed by atoms with Gasteiger partial charge in [0, 0.05) is 25.7 Å². The average molecular weight is 495 g/mol. The lowest BCUT2D eigenvalue weighted by Crippen LogP contribution is -2.52. The number of furan rings is 1. The molecule has 36 heavy (non-hydrogen) atoms. The molecule has 2 unspecified atom stereocenters. The number of β-amino-alcohol motifs (C(OH)–C–C–N with tert-alkyl or cyclic N) is 1. The molecule has 11 nitrogen and oxygen atoms in total. The van der Waals surface area contributed by atoms with Crippen LogP contribution in [0.1, 0.15) is 28.1 Å². The number of benzene rings is 1. The number of halogens is 1. The van der Waals surface area contributed by atoms with Gasteiger partial charge < -0.3 is 29.4 Å². The van der Waals surface area contributed by atoms with Crippen molar-refractivity contribution in [2.45, 2.75) is 24.6 Å². The molecular formula is C24H22FN5O6. The van der Waals surface area contributed by atoms with Crippen molar-refractivity contribution in [3.63, 3.8) is 0 Å². The number of nitrogens with one attached hydrogen (secondary N) is 2. The van der Waals surface area contributed by atoms with Crippen LogP contribution in [0.15, 0.2) is 34.7 Å². The van der Waals surface area contributed by atoms with E-state index in [0.29, 0.717) is 42.0 Å². The molecule has 0 radical (unpaired) electrons. The van der Waals surface area contributed by atoms with E-state index in [2.05, 4.69) is 15.6 Å². The molecule has 186 valence electrons. The average Bonchev–Trinajstić information content (AvgIpc) is 3.60. The Morgan fingerprint density at radius 3 is 2.81 bits per heavy atom. The highest BCUT2D eigenvalue weighted by Crippen LogP contribution is 2.36. The van der Waals surface area contributed by atoms with Gasteiger partial charge in [-0.1, -0.05) is 6.07 Å². The van der Waals surface area contributed by atoms with Gasteiger partial charge in [-0.2, -0.15) is 0 Å². The molecule has 3 aromatic rings. The normalized spacial score (nSPS) is 23.4. The monoisotopic (exact) mass is 495 g/mol. The lowest BCUT2D eigenvalue weighted by molar-refractivity contribution is -0.125. The van der Waals surface area contributed by atoms with Crippen LogP contribution < -0.4 is 20.3 Å². The van der Waals surface area contributed by atoms with Crippen LogP contribution >= 0.6 is 0 Å². The highest BCUT2D eigenvalue weighted by molar-refractivity contribution is 6.08. The summed E-state index contributed by atoms with van der Waals surface area (Å²) >= 11 is 0. The minimum absolute atomic E-state index is 0.0416. The number of amides is 4. The Labute approximate surface area is 203 Å². The molecule has 2 fully saturated rings. The minimum Gasteiger partial charge on any atom is -0.494 e. The van der Waals surface area contributed by atoms with Gasteiger partial charge in [0.05, 0.1) is 25.3 Å². The molecule has 3 N–H and O–H groups in total.